The molecule has 0 spiro atoms. The van der Waals surface area contributed by atoms with E-state index in [-0.39, 0.29) is 17.9 Å². The Morgan fingerprint density at radius 2 is 2.11 bits per heavy atom. The van der Waals surface area contributed by atoms with Crippen LogP contribution < -0.4 is 0 Å². The number of amides is 1. The van der Waals surface area contributed by atoms with Gasteiger partial charge in [0.05, 0.1) is 25.2 Å². The lowest BCUT2D eigenvalue weighted by molar-refractivity contribution is -0.142. The highest BCUT2D eigenvalue weighted by Gasteiger charge is 2.30. The minimum Gasteiger partial charge on any atom is -0.481 e. The SMILES string of the molecule is CC1CN(C(=O)CN2CCC(C(=O)O)C2)CCO1. The molecule has 2 aliphatic heterocycles. The lowest BCUT2D eigenvalue weighted by Crippen LogP contribution is -2.48. The fourth-order valence-corrected chi connectivity index (χ4v) is 2.51. The summed E-state index contributed by atoms with van der Waals surface area (Å²) in [6.07, 6.45) is 0.732. The third-order valence-electron chi connectivity index (χ3n) is 3.57. The zero-order valence-electron chi connectivity index (χ0n) is 10.7. The van der Waals surface area contributed by atoms with Crippen LogP contribution in [0.15, 0.2) is 0 Å². The number of ether oxygens (including phenoxy) is 1. The predicted molar refractivity (Wildman–Crippen MR) is 64.2 cm³/mol. The van der Waals surface area contributed by atoms with E-state index in [4.69, 9.17) is 9.84 Å². The molecule has 2 heterocycles. The molecule has 6 nitrogen and oxygen atoms in total. The van der Waals surface area contributed by atoms with Crippen LogP contribution in [-0.2, 0) is 14.3 Å². The summed E-state index contributed by atoms with van der Waals surface area (Å²) in [5, 5.41) is 8.91. The number of carbonyl (C=O) groups is 2. The van der Waals surface area contributed by atoms with E-state index in [9.17, 15) is 9.59 Å². The zero-order valence-corrected chi connectivity index (χ0v) is 10.7. The number of nitrogens with zero attached hydrogens (tertiary/aromatic N) is 2. The molecule has 0 aromatic heterocycles. The van der Waals surface area contributed by atoms with Crippen LogP contribution in [0.4, 0.5) is 0 Å². The Kier molecular flexibility index (Phi) is 4.19. The summed E-state index contributed by atoms with van der Waals surface area (Å²) in [5.74, 6) is -0.998. The van der Waals surface area contributed by atoms with Gasteiger partial charge in [-0.3, -0.25) is 14.5 Å². The maximum absolute atomic E-state index is 12.1. The minimum absolute atomic E-state index is 0.0798. The Morgan fingerprint density at radius 3 is 2.72 bits per heavy atom. The van der Waals surface area contributed by atoms with Gasteiger partial charge in [-0.05, 0) is 19.9 Å². The lowest BCUT2D eigenvalue weighted by Gasteiger charge is -2.32. The zero-order chi connectivity index (χ0) is 13.1. The fraction of sp³-hybridized carbons (Fsp3) is 0.833. The third-order valence-corrected chi connectivity index (χ3v) is 3.57. The standard InChI is InChI=1S/C12H20N2O4/c1-9-6-14(4-5-18-9)11(15)8-13-3-2-10(7-13)12(16)17/h9-10H,2-8H2,1H3,(H,16,17). The van der Waals surface area contributed by atoms with E-state index in [1.807, 2.05) is 16.7 Å². The van der Waals surface area contributed by atoms with Crippen LogP contribution in [0.2, 0.25) is 0 Å². The Labute approximate surface area is 106 Å². The van der Waals surface area contributed by atoms with Crippen LogP contribution >= 0.6 is 0 Å². The maximum atomic E-state index is 12.1. The molecule has 6 heteroatoms. The van der Waals surface area contributed by atoms with Crippen LogP contribution in [0.1, 0.15) is 13.3 Å². The first-order valence-corrected chi connectivity index (χ1v) is 6.41. The summed E-state index contributed by atoms with van der Waals surface area (Å²) < 4.78 is 5.39. The highest BCUT2D eigenvalue weighted by molar-refractivity contribution is 5.78. The van der Waals surface area contributed by atoms with E-state index in [0.29, 0.717) is 45.8 Å². The first-order valence-electron chi connectivity index (χ1n) is 6.41. The van der Waals surface area contributed by atoms with Crippen molar-refractivity contribution < 1.29 is 19.4 Å². The Hall–Kier alpha value is -1.14. The molecule has 0 bridgehead atoms. The van der Waals surface area contributed by atoms with Crippen molar-refractivity contribution in [1.29, 1.82) is 0 Å². The number of aliphatic carboxylic acids is 1. The third kappa shape index (κ3) is 3.20. The summed E-state index contributed by atoms with van der Waals surface area (Å²) in [5.41, 5.74) is 0. The van der Waals surface area contributed by atoms with Crippen molar-refractivity contribution in [2.24, 2.45) is 5.92 Å². The van der Waals surface area contributed by atoms with Gasteiger partial charge in [0.25, 0.3) is 0 Å². The number of rotatable bonds is 3. The van der Waals surface area contributed by atoms with Gasteiger partial charge in [-0.2, -0.15) is 0 Å². The number of hydrogen-bond acceptors (Lipinski definition) is 4. The topological polar surface area (TPSA) is 70.1 Å². The second-order valence-electron chi connectivity index (χ2n) is 5.08. The average molecular weight is 256 g/mol. The summed E-state index contributed by atoms with van der Waals surface area (Å²) >= 11 is 0. The largest absolute Gasteiger partial charge is 0.481 e. The van der Waals surface area contributed by atoms with Gasteiger partial charge in [-0.15, -0.1) is 0 Å². The second kappa shape index (κ2) is 5.67. The summed E-state index contributed by atoms with van der Waals surface area (Å²) in [7, 11) is 0. The van der Waals surface area contributed by atoms with Gasteiger partial charge in [-0.1, -0.05) is 0 Å². The monoisotopic (exact) mass is 256 g/mol. The van der Waals surface area contributed by atoms with Crippen LogP contribution in [0.25, 0.3) is 0 Å². The van der Waals surface area contributed by atoms with Crippen molar-refractivity contribution in [3.63, 3.8) is 0 Å². The molecule has 1 amide bonds. The van der Waals surface area contributed by atoms with E-state index in [2.05, 4.69) is 0 Å². The molecule has 0 aliphatic carbocycles. The highest BCUT2D eigenvalue weighted by atomic mass is 16.5. The summed E-state index contributed by atoms with van der Waals surface area (Å²) in [4.78, 5) is 26.6. The fourth-order valence-electron chi connectivity index (χ4n) is 2.51. The first kappa shape index (κ1) is 13.3. The van der Waals surface area contributed by atoms with Gasteiger partial charge in [0.15, 0.2) is 0 Å². The Balaban J connectivity index is 1.79. The smallest absolute Gasteiger partial charge is 0.307 e. The second-order valence-corrected chi connectivity index (χ2v) is 5.08. The van der Waals surface area contributed by atoms with Gasteiger partial charge in [0.1, 0.15) is 0 Å². The molecule has 2 rings (SSSR count). The van der Waals surface area contributed by atoms with Crippen molar-refractivity contribution in [2.75, 3.05) is 39.3 Å². The highest BCUT2D eigenvalue weighted by Crippen LogP contribution is 2.16. The molecule has 2 saturated heterocycles. The van der Waals surface area contributed by atoms with Crippen molar-refractivity contribution in [2.45, 2.75) is 19.4 Å². The van der Waals surface area contributed by atoms with Crippen molar-refractivity contribution in [1.82, 2.24) is 9.80 Å². The van der Waals surface area contributed by atoms with Crippen LogP contribution in [0.5, 0.6) is 0 Å². The van der Waals surface area contributed by atoms with Gasteiger partial charge >= 0.3 is 5.97 Å². The van der Waals surface area contributed by atoms with Gasteiger partial charge in [0, 0.05) is 19.6 Å². The van der Waals surface area contributed by atoms with E-state index < -0.39 is 5.97 Å². The van der Waals surface area contributed by atoms with E-state index in [1.54, 1.807) is 0 Å². The molecule has 0 aromatic carbocycles. The molecule has 0 radical (unpaired) electrons. The number of morpholine rings is 1. The number of likely N-dealkylation sites (tertiary alicyclic amines) is 1. The quantitative estimate of drug-likeness (QED) is 0.747. The molecule has 2 unspecified atom stereocenters. The minimum atomic E-state index is -0.759. The number of hydrogen-bond donors (Lipinski definition) is 1. The Morgan fingerprint density at radius 1 is 1.33 bits per heavy atom. The lowest BCUT2D eigenvalue weighted by atomic mass is 10.1. The molecular weight excluding hydrogens is 236 g/mol. The molecule has 0 aromatic rings. The van der Waals surface area contributed by atoms with E-state index in [1.165, 1.54) is 0 Å². The average Bonchev–Trinajstić information content (AvgIpc) is 2.77. The van der Waals surface area contributed by atoms with E-state index >= 15 is 0 Å². The summed E-state index contributed by atoms with van der Waals surface area (Å²) in [6, 6.07) is 0. The molecule has 2 fully saturated rings. The van der Waals surface area contributed by atoms with E-state index in [0.717, 1.165) is 0 Å². The van der Waals surface area contributed by atoms with Crippen LogP contribution in [-0.4, -0.2) is 72.2 Å². The molecule has 0 saturated carbocycles. The molecule has 2 atom stereocenters. The first-order chi connectivity index (χ1) is 8.56. The van der Waals surface area contributed by atoms with Crippen LogP contribution in [0, 0.1) is 5.92 Å². The van der Waals surface area contributed by atoms with Crippen molar-refractivity contribution in [3.8, 4) is 0 Å². The molecular formula is C12H20N2O4. The normalized spacial score (nSPS) is 29.5. The van der Waals surface area contributed by atoms with Crippen molar-refractivity contribution >= 4 is 11.9 Å². The number of carboxylic acid groups (broad SMARTS) is 1. The summed E-state index contributed by atoms with van der Waals surface area (Å²) in [6.45, 7) is 5.33. The molecule has 102 valence electrons. The van der Waals surface area contributed by atoms with Gasteiger partial charge in [0.2, 0.25) is 5.91 Å². The van der Waals surface area contributed by atoms with Gasteiger partial charge in [-0.25, -0.2) is 0 Å². The van der Waals surface area contributed by atoms with Gasteiger partial charge < -0.3 is 14.7 Å². The molecule has 2 aliphatic rings. The molecule has 1 N–H and O–H groups in total. The van der Waals surface area contributed by atoms with Crippen LogP contribution in [0.3, 0.4) is 0 Å². The number of carboxylic acids is 1. The van der Waals surface area contributed by atoms with Crippen molar-refractivity contribution in [3.05, 3.63) is 0 Å². The molecule has 18 heavy (non-hydrogen) atoms. The maximum Gasteiger partial charge on any atom is 0.307 e. The number of carbonyl (C=O) groups excluding carboxylic acids is 1. The Bertz CT molecular complexity index is 334. The predicted octanol–water partition coefficient (Wildman–Crippen LogP) is -0.360.